The number of nitro groups is 1. The first-order chi connectivity index (χ1) is 10.9. The molecule has 7 nitrogen and oxygen atoms in total. The Morgan fingerprint density at radius 2 is 2.00 bits per heavy atom. The third kappa shape index (κ3) is 3.57. The van der Waals surface area contributed by atoms with Gasteiger partial charge in [0, 0.05) is 23.4 Å². The Morgan fingerprint density at radius 3 is 2.61 bits per heavy atom. The van der Waals surface area contributed by atoms with E-state index in [1.165, 1.54) is 12.1 Å². The van der Waals surface area contributed by atoms with E-state index in [9.17, 15) is 20.0 Å². The molecular weight excluding hydrogens is 300 g/mol. The molecule has 0 heterocycles. The summed E-state index contributed by atoms with van der Waals surface area (Å²) in [5.41, 5.74) is 0.741. The smallest absolute Gasteiger partial charge is 0.338 e. The number of aromatic carboxylic acids is 1. The van der Waals surface area contributed by atoms with Gasteiger partial charge >= 0.3 is 5.97 Å². The maximum atomic E-state index is 11.4. The molecule has 120 valence electrons. The lowest BCUT2D eigenvalue weighted by Gasteiger charge is -2.19. The highest BCUT2D eigenvalue weighted by Gasteiger charge is 2.18. The number of non-ortho nitro benzene ring substituents is 1. The minimum absolute atomic E-state index is 0.152. The van der Waals surface area contributed by atoms with Crippen LogP contribution in [0, 0.1) is 10.1 Å². The number of hydrogen-bond acceptors (Lipinski definition) is 5. The van der Waals surface area contributed by atoms with Crippen LogP contribution in [0.3, 0.4) is 0 Å². The highest BCUT2D eigenvalue weighted by molar-refractivity contribution is 5.95. The van der Waals surface area contributed by atoms with Crippen LogP contribution in [-0.4, -0.2) is 23.1 Å². The van der Waals surface area contributed by atoms with Crippen molar-refractivity contribution in [1.29, 1.82) is 0 Å². The van der Waals surface area contributed by atoms with E-state index in [1.807, 2.05) is 31.2 Å². The minimum atomic E-state index is -1.23. The molecule has 1 unspecified atom stereocenters. The third-order valence-corrected chi connectivity index (χ3v) is 3.42. The Balaban J connectivity index is 2.35. The number of nitrogens with zero attached hydrogens (tertiary/aromatic N) is 1. The Kier molecular flexibility index (Phi) is 4.80. The Hall–Kier alpha value is -3.09. The molecule has 0 amide bonds. The quantitative estimate of drug-likeness (QED) is 0.625. The number of carbonyl (C=O) groups is 1. The number of anilines is 1. The predicted molar refractivity (Wildman–Crippen MR) is 85.1 cm³/mol. The topological polar surface area (TPSA) is 102 Å². The van der Waals surface area contributed by atoms with Crippen LogP contribution in [0.15, 0.2) is 42.5 Å². The van der Waals surface area contributed by atoms with Gasteiger partial charge in [-0.3, -0.25) is 10.1 Å². The molecule has 2 N–H and O–H groups in total. The van der Waals surface area contributed by atoms with Crippen LogP contribution < -0.4 is 10.1 Å². The van der Waals surface area contributed by atoms with Crippen molar-refractivity contribution >= 4 is 17.3 Å². The van der Waals surface area contributed by atoms with Crippen molar-refractivity contribution in [3.05, 3.63) is 63.7 Å². The van der Waals surface area contributed by atoms with Crippen LogP contribution in [-0.2, 0) is 0 Å². The first kappa shape index (κ1) is 16.3. The average molecular weight is 316 g/mol. The highest BCUT2D eigenvalue weighted by atomic mass is 16.6. The van der Waals surface area contributed by atoms with E-state index in [0.29, 0.717) is 11.4 Å². The number of nitro benzene ring substituents is 1. The molecular formula is C16H16N2O5. The first-order valence-corrected chi connectivity index (χ1v) is 6.85. The van der Waals surface area contributed by atoms with Crippen molar-refractivity contribution in [3.8, 4) is 5.75 Å². The standard InChI is InChI=1S/C16H16N2O5/c1-10(12-5-3-4-6-15(12)23-2)17-14-8-7-11(18(21)22)9-13(14)16(19)20/h3-10,17H,1-2H3,(H,19,20). The summed E-state index contributed by atoms with van der Waals surface area (Å²) in [6.45, 7) is 1.85. The number of para-hydroxylation sites is 1. The number of carboxylic acid groups (broad SMARTS) is 1. The lowest BCUT2D eigenvalue weighted by molar-refractivity contribution is -0.384. The number of ether oxygens (including phenoxy) is 1. The zero-order valence-corrected chi connectivity index (χ0v) is 12.6. The van der Waals surface area contributed by atoms with Crippen molar-refractivity contribution < 1.29 is 19.6 Å². The monoisotopic (exact) mass is 316 g/mol. The summed E-state index contributed by atoms with van der Waals surface area (Å²) in [6, 6.07) is 10.8. The molecule has 7 heteroatoms. The minimum Gasteiger partial charge on any atom is -0.496 e. The summed E-state index contributed by atoms with van der Waals surface area (Å²) >= 11 is 0. The van der Waals surface area contributed by atoms with E-state index >= 15 is 0 Å². The van der Waals surface area contributed by atoms with Crippen molar-refractivity contribution in [1.82, 2.24) is 0 Å². The molecule has 2 aromatic carbocycles. The number of nitrogens with one attached hydrogen (secondary N) is 1. The molecule has 0 bridgehead atoms. The van der Waals surface area contributed by atoms with Crippen molar-refractivity contribution in [2.75, 3.05) is 12.4 Å². The Morgan fingerprint density at radius 1 is 1.30 bits per heavy atom. The molecule has 2 aromatic rings. The van der Waals surface area contributed by atoms with E-state index in [0.717, 1.165) is 11.6 Å². The number of benzene rings is 2. The summed E-state index contributed by atoms with van der Waals surface area (Å²) in [7, 11) is 1.56. The second-order valence-corrected chi connectivity index (χ2v) is 4.90. The Bertz CT molecular complexity index is 745. The predicted octanol–water partition coefficient (Wildman–Crippen LogP) is 3.47. The fraction of sp³-hybridized carbons (Fsp3) is 0.188. The van der Waals surface area contributed by atoms with Gasteiger partial charge in [-0.15, -0.1) is 0 Å². The molecule has 0 aliphatic heterocycles. The van der Waals surface area contributed by atoms with Gasteiger partial charge in [0.15, 0.2) is 0 Å². The molecule has 0 aliphatic rings. The first-order valence-electron chi connectivity index (χ1n) is 6.85. The average Bonchev–Trinajstić information content (AvgIpc) is 2.54. The normalized spacial score (nSPS) is 11.6. The molecule has 1 atom stereocenters. The van der Waals surface area contributed by atoms with E-state index in [4.69, 9.17) is 4.74 Å². The van der Waals surface area contributed by atoms with E-state index in [1.54, 1.807) is 7.11 Å². The number of hydrogen-bond donors (Lipinski definition) is 2. The van der Waals surface area contributed by atoms with Crippen LogP contribution in [0.4, 0.5) is 11.4 Å². The number of carboxylic acids is 1. The van der Waals surface area contributed by atoms with Gasteiger partial charge in [-0.1, -0.05) is 18.2 Å². The van der Waals surface area contributed by atoms with Gasteiger partial charge in [-0.05, 0) is 19.1 Å². The zero-order chi connectivity index (χ0) is 17.0. The fourth-order valence-corrected chi connectivity index (χ4v) is 2.28. The molecule has 0 saturated carbocycles. The van der Waals surface area contributed by atoms with Crippen LogP contribution in [0.2, 0.25) is 0 Å². The molecule has 2 rings (SSSR count). The lowest BCUT2D eigenvalue weighted by atomic mass is 10.1. The van der Waals surface area contributed by atoms with Gasteiger partial charge in [-0.25, -0.2) is 4.79 Å². The van der Waals surface area contributed by atoms with Crippen LogP contribution in [0.1, 0.15) is 28.9 Å². The van der Waals surface area contributed by atoms with Crippen LogP contribution in [0.25, 0.3) is 0 Å². The summed E-state index contributed by atoms with van der Waals surface area (Å²) in [4.78, 5) is 21.5. The van der Waals surface area contributed by atoms with Crippen LogP contribution >= 0.6 is 0 Å². The summed E-state index contributed by atoms with van der Waals surface area (Å²) in [6.07, 6.45) is 0. The third-order valence-electron chi connectivity index (χ3n) is 3.42. The van der Waals surface area contributed by atoms with Gasteiger partial charge in [0.25, 0.3) is 5.69 Å². The number of methoxy groups -OCH3 is 1. The Labute approximate surface area is 132 Å². The summed E-state index contributed by atoms with van der Waals surface area (Å²) in [5.74, 6) is -0.560. The van der Waals surface area contributed by atoms with Crippen molar-refractivity contribution in [2.24, 2.45) is 0 Å². The van der Waals surface area contributed by atoms with E-state index in [-0.39, 0.29) is 17.3 Å². The van der Waals surface area contributed by atoms with Crippen molar-refractivity contribution in [3.63, 3.8) is 0 Å². The SMILES string of the molecule is COc1ccccc1C(C)Nc1ccc([N+](=O)[O-])cc1C(=O)O. The second kappa shape index (κ2) is 6.78. The van der Waals surface area contributed by atoms with Gasteiger partial charge in [-0.2, -0.15) is 0 Å². The largest absolute Gasteiger partial charge is 0.496 e. The maximum Gasteiger partial charge on any atom is 0.338 e. The van der Waals surface area contributed by atoms with E-state index < -0.39 is 10.9 Å². The zero-order valence-electron chi connectivity index (χ0n) is 12.6. The molecule has 0 aliphatic carbocycles. The number of rotatable bonds is 6. The molecule has 0 aromatic heterocycles. The maximum absolute atomic E-state index is 11.4. The van der Waals surface area contributed by atoms with Crippen molar-refractivity contribution in [2.45, 2.75) is 13.0 Å². The fourth-order valence-electron chi connectivity index (χ4n) is 2.28. The summed E-state index contributed by atoms with van der Waals surface area (Å²) in [5, 5.41) is 23.1. The summed E-state index contributed by atoms with van der Waals surface area (Å²) < 4.78 is 5.29. The van der Waals surface area contributed by atoms with Gasteiger partial charge in [0.2, 0.25) is 0 Å². The van der Waals surface area contributed by atoms with E-state index in [2.05, 4.69) is 5.32 Å². The van der Waals surface area contributed by atoms with Crippen LogP contribution in [0.5, 0.6) is 5.75 Å². The molecule has 0 radical (unpaired) electrons. The molecule has 0 saturated heterocycles. The molecule has 0 spiro atoms. The lowest BCUT2D eigenvalue weighted by Crippen LogP contribution is -2.12. The van der Waals surface area contributed by atoms with Gasteiger partial charge in [0.1, 0.15) is 5.75 Å². The van der Waals surface area contributed by atoms with Gasteiger partial charge in [0.05, 0.1) is 23.6 Å². The second-order valence-electron chi connectivity index (χ2n) is 4.90. The highest BCUT2D eigenvalue weighted by Crippen LogP contribution is 2.30. The van der Waals surface area contributed by atoms with Gasteiger partial charge < -0.3 is 15.2 Å². The molecule has 0 fully saturated rings. The molecule has 23 heavy (non-hydrogen) atoms.